The lowest BCUT2D eigenvalue weighted by Crippen LogP contribution is -2.49. The van der Waals surface area contributed by atoms with Crippen molar-refractivity contribution in [1.29, 1.82) is 0 Å². The molecule has 0 rings (SSSR count). The van der Waals surface area contributed by atoms with E-state index in [0.29, 0.717) is 0 Å². The minimum absolute atomic E-state index is 0.0438. The minimum Gasteiger partial charge on any atom is -0.480 e. The molecule has 0 aromatic carbocycles. The standard InChI is InChI=1S/C12H24N2O8/c1-13-6(12(21)22)2-3-9(18)14-4-7(16)10(19)11(20)8(17)5-15/h6-8,10-11,13,15-17,19-20H,2-5H2,1H3,(H,14,18)(H,21,22)/t6-,7-,8+,10+,11+/m0/s1. The fourth-order valence-corrected chi connectivity index (χ4v) is 1.66. The van der Waals surface area contributed by atoms with Crippen molar-refractivity contribution in [2.45, 2.75) is 43.3 Å². The number of hydrogen-bond acceptors (Lipinski definition) is 8. The molecular weight excluding hydrogens is 300 g/mol. The smallest absolute Gasteiger partial charge is 0.320 e. The molecule has 0 saturated carbocycles. The Hall–Kier alpha value is -1.30. The Morgan fingerprint density at radius 1 is 1.05 bits per heavy atom. The lowest BCUT2D eigenvalue weighted by atomic mass is 10.0. The third-order valence-electron chi connectivity index (χ3n) is 3.14. The van der Waals surface area contributed by atoms with E-state index >= 15 is 0 Å². The van der Waals surface area contributed by atoms with Crippen LogP contribution in [0.1, 0.15) is 12.8 Å². The molecule has 0 spiro atoms. The maximum atomic E-state index is 11.5. The highest BCUT2D eigenvalue weighted by Crippen LogP contribution is 2.05. The molecule has 8 N–H and O–H groups in total. The highest BCUT2D eigenvalue weighted by Gasteiger charge is 2.30. The molecular formula is C12H24N2O8. The van der Waals surface area contributed by atoms with Crippen molar-refractivity contribution in [2.24, 2.45) is 0 Å². The number of aliphatic carboxylic acids is 1. The zero-order valence-corrected chi connectivity index (χ0v) is 12.2. The van der Waals surface area contributed by atoms with Crippen molar-refractivity contribution < 1.29 is 40.2 Å². The average molecular weight is 324 g/mol. The largest absolute Gasteiger partial charge is 0.480 e. The second-order valence-electron chi connectivity index (χ2n) is 4.82. The number of carboxylic acids is 1. The zero-order chi connectivity index (χ0) is 17.3. The summed E-state index contributed by atoms with van der Waals surface area (Å²) in [6.45, 7) is -1.19. The summed E-state index contributed by atoms with van der Waals surface area (Å²) in [4.78, 5) is 22.2. The first-order chi connectivity index (χ1) is 10.2. The van der Waals surface area contributed by atoms with Crippen LogP contribution in [0.15, 0.2) is 0 Å². The summed E-state index contributed by atoms with van der Waals surface area (Å²) < 4.78 is 0. The van der Waals surface area contributed by atoms with Gasteiger partial charge in [0.1, 0.15) is 24.4 Å². The molecule has 0 radical (unpaired) electrons. The van der Waals surface area contributed by atoms with Crippen LogP contribution in [0.2, 0.25) is 0 Å². The number of carboxylic acid groups (broad SMARTS) is 1. The van der Waals surface area contributed by atoms with Gasteiger partial charge in [-0.1, -0.05) is 0 Å². The second-order valence-corrected chi connectivity index (χ2v) is 4.82. The lowest BCUT2D eigenvalue weighted by Gasteiger charge is -2.25. The molecule has 0 aliphatic heterocycles. The van der Waals surface area contributed by atoms with Gasteiger partial charge >= 0.3 is 5.97 Å². The minimum atomic E-state index is -1.77. The van der Waals surface area contributed by atoms with Gasteiger partial charge in [-0.2, -0.15) is 0 Å². The fraction of sp³-hybridized carbons (Fsp3) is 0.833. The predicted octanol–water partition coefficient (Wildman–Crippen LogP) is -4.01. The van der Waals surface area contributed by atoms with E-state index < -0.39 is 55.5 Å². The van der Waals surface area contributed by atoms with E-state index in [-0.39, 0.29) is 12.8 Å². The van der Waals surface area contributed by atoms with E-state index in [0.717, 1.165) is 0 Å². The molecule has 0 bridgehead atoms. The summed E-state index contributed by atoms with van der Waals surface area (Å²) in [5, 5.41) is 59.8. The van der Waals surface area contributed by atoms with Crippen LogP contribution in [0.25, 0.3) is 0 Å². The Bertz CT molecular complexity index is 354. The molecule has 10 heteroatoms. The third kappa shape index (κ3) is 7.11. The molecule has 1 amide bonds. The molecule has 22 heavy (non-hydrogen) atoms. The second kappa shape index (κ2) is 10.4. The van der Waals surface area contributed by atoms with Crippen LogP contribution in [0.4, 0.5) is 0 Å². The lowest BCUT2D eigenvalue weighted by molar-refractivity contribution is -0.139. The number of aliphatic hydroxyl groups is 5. The monoisotopic (exact) mass is 324 g/mol. The molecule has 5 atom stereocenters. The first kappa shape index (κ1) is 20.7. The quantitative estimate of drug-likeness (QED) is 0.188. The summed E-state index contributed by atoms with van der Waals surface area (Å²) in [5.41, 5.74) is 0. The SMILES string of the molecule is CN[C@@H](CCC(=O)NC[C@H](O)[C@@H](O)[C@H](O)[C@H](O)CO)C(=O)O. The number of nitrogens with one attached hydrogen (secondary N) is 2. The third-order valence-corrected chi connectivity index (χ3v) is 3.14. The zero-order valence-electron chi connectivity index (χ0n) is 12.2. The summed E-state index contributed by atoms with van der Waals surface area (Å²) in [6, 6.07) is -0.872. The first-order valence-electron chi connectivity index (χ1n) is 6.74. The van der Waals surface area contributed by atoms with Crippen molar-refractivity contribution >= 4 is 11.9 Å². The van der Waals surface area contributed by atoms with E-state index in [1.165, 1.54) is 7.05 Å². The number of likely N-dealkylation sites (N-methyl/N-ethyl adjacent to an activating group) is 1. The van der Waals surface area contributed by atoms with Crippen molar-refractivity contribution in [1.82, 2.24) is 10.6 Å². The molecule has 0 aromatic heterocycles. The van der Waals surface area contributed by atoms with Crippen molar-refractivity contribution in [3.05, 3.63) is 0 Å². The van der Waals surface area contributed by atoms with Crippen LogP contribution < -0.4 is 10.6 Å². The van der Waals surface area contributed by atoms with Crippen LogP contribution in [0, 0.1) is 0 Å². The Labute approximate surface area is 127 Å². The molecule has 0 fully saturated rings. The summed E-state index contributed by atoms with van der Waals surface area (Å²) in [6.07, 6.45) is -6.76. The van der Waals surface area contributed by atoms with Gasteiger partial charge < -0.3 is 41.3 Å². The van der Waals surface area contributed by atoms with E-state index in [2.05, 4.69) is 10.6 Å². The van der Waals surface area contributed by atoms with E-state index in [1.54, 1.807) is 0 Å². The van der Waals surface area contributed by atoms with Crippen LogP contribution in [-0.2, 0) is 9.59 Å². The van der Waals surface area contributed by atoms with Crippen molar-refractivity contribution in [3.63, 3.8) is 0 Å². The Morgan fingerprint density at radius 2 is 1.59 bits per heavy atom. The fourth-order valence-electron chi connectivity index (χ4n) is 1.66. The van der Waals surface area contributed by atoms with E-state index in [4.69, 9.17) is 15.3 Å². The van der Waals surface area contributed by atoms with Gasteiger partial charge in [-0.3, -0.25) is 9.59 Å². The summed E-state index contributed by atoms with van der Waals surface area (Å²) in [7, 11) is 1.45. The Kier molecular flexibility index (Phi) is 9.81. The van der Waals surface area contributed by atoms with E-state index in [1.807, 2.05) is 0 Å². The van der Waals surface area contributed by atoms with Gasteiger partial charge in [0.25, 0.3) is 0 Å². The van der Waals surface area contributed by atoms with Crippen molar-refractivity contribution in [3.8, 4) is 0 Å². The van der Waals surface area contributed by atoms with Crippen LogP contribution >= 0.6 is 0 Å². The molecule has 0 unspecified atom stereocenters. The number of amides is 1. The van der Waals surface area contributed by atoms with E-state index in [9.17, 15) is 24.9 Å². The molecule has 0 aliphatic carbocycles. The van der Waals surface area contributed by atoms with Gasteiger partial charge in [-0.25, -0.2) is 0 Å². The number of hydrogen-bond donors (Lipinski definition) is 8. The topological polar surface area (TPSA) is 180 Å². The summed E-state index contributed by atoms with van der Waals surface area (Å²) >= 11 is 0. The highest BCUT2D eigenvalue weighted by atomic mass is 16.4. The highest BCUT2D eigenvalue weighted by molar-refractivity contribution is 5.78. The number of carbonyl (C=O) groups excluding carboxylic acids is 1. The normalized spacial score (nSPS) is 18.1. The van der Waals surface area contributed by atoms with Gasteiger partial charge in [-0.05, 0) is 13.5 Å². The van der Waals surface area contributed by atoms with Gasteiger partial charge in [-0.15, -0.1) is 0 Å². The summed E-state index contributed by atoms with van der Waals surface area (Å²) in [5.74, 6) is -1.63. The van der Waals surface area contributed by atoms with Crippen LogP contribution in [-0.4, -0.2) is 93.2 Å². The maximum Gasteiger partial charge on any atom is 0.320 e. The Balaban J connectivity index is 4.16. The van der Waals surface area contributed by atoms with Gasteiger partial charge in [0, 0.05) is 13.0 Å². The maximum absolute atomic E-state index is 11.5. The van der Waals surface area contributed by atoms with Gasteiger partial charge in [0.15, 0.2) is 0 Å². The molecule has 0 aliphatic rings. The van der Waals surface area contributed by atoms with Gasteiger partial charge in [0.2, 0.25) is 5.91 Å². The van der Waals surface area contributed by atoms with Crippen LogP contribution in [0.5, 0.6) is 0 Å². The molecule has 0 heterocycles. The average Bonchev–Trinajstić information content (AvgIpc) is 2.50. The number of carbonyl (C=O) groups is 2. The van der Waals surface area contributed by atoms with Gasteiger partial charge in [0.05, 0.1) is 12.7 Å². The molecule has 130 valence electrons. The molecule has 0 saturated heterocycles. The number of aliphatic hydroxyl groups excluding tert-OH is 5. The first-order valence-corrected chi connectivity index (χ1v) is 6.74. The molecule has 0 aromatic rings. The van der Waals surface area contributed by atoms with Crippen LogP contribution in [0.3, 0.4) is 0 Å². The molecule has 10 nitrogen and oxygen atoms in total. The Morgan fingerprint density at radius 3 is 2.05 bits per heavy atom. The predicted molar refractivity (Wildman–Crippen MR) is 73.8 cm³/mol. The number of rotatable bonds is 11. The van der Waals surface area contributed by atoms with Crippen molar-refractivity contribution in [2.75, 3.05) is 20.2 Å².